The summed E-state index contributed by atoms with van der Waals surface area (Å²) in [5.41, 5.74) is 7.14. The molecule has 1 fully saturated rings. The van der Waals surface area contributed by atoms with E-state index in [4.69, 9.17) is 15.2 Å². The van der Waals surface area contributed by atoms with Crippen molar-refractivity contribution in [3.63, 3.8) is 0 Å². The van der Waals surface area contributed by atoms with Gasteiger partial charge < -0.3 is 30.7 Å². The van der Waals surface area contributed by atoms with Crippen LogP contribution in [0.4, 0.5) is 23.3 Å². The number of para-hydroxylation sites is 2. The molecule has 1 atom stereocenters. The molecule has 1 aromatic carbocycles. The van der Waals surface area contributed by atoms with Crippen LogP contribution in [0.25, 0.3) is 0 Å². The van der Waals surface area contributed by atoms with E-state index in [0.29, 0.717) is 49.3 Å². The number of methoxy groups -OCH3 is 1. The minimum Gasteiger partial charge on any atom is -0.495 e. The van der Waals surface area contributed by atoms with Gasteiger partial charge in [-0.1, -0.05) is 12.1 Å². The third-order valence-corrected chi connectivity index (χ3v) is 4.93. The molecule has 0 unspecified atom stereocenters. The van der Waals surface area contributed by atoms with Crippen LogP contribution in [-0.4, -0.2) is 55.2 Å². The van der Waals surface area contributed by atoms with E-state index in [1.807, 2.05) is 4.90 Å². The summed E-state index contributed by atoms with van der Waals surface area (Å²) in [4.78, 5) is 36.1. The van der Waals surface area contributed by atoms with Gasteiger partial charge in [-0.25, -0.2) is 0 Å². The summed E-state index contributed by atoms with van der Waals surface area (Å²) < 4.78 is 10.6. The van der Waals surface area contributed by atoms with Gasteiger partial charge in [-0.3, -0.25) is 9.59 Å². The van der Waals surface area contributed by atoms with E-state index in [2.05, 4.69) is 20.6 Å². The standard InChI is InChI=1S/C19H22N6O4/c1-28-13-5-3-2-4-12(13)21-18(27)11-10-14(26)22-17-15(11)16(20)23-19(24-17)25-6-8-29-9-7-25/h2-5,11H,6-10H2,1H3,(H,21,27)(H3,20,22,23,24,26)/t11-/m1/s1. The number of morpholine rings is 1. The molecule has 2 aromatic rings. The number of anilines is 4. The van der Waals surface area contributed by atoms with E-state index in [1.165, 1.54) is 7.11 Å². The Kier molecular flexibility index (Phi) is 5.17. The smallest absolute Gasteiger partial charge is 0.232 e. The van der Waals surface area contributed by atoms with Gasteiger partial charge in [0, 0.05) is 19.5 Å². The number of aromatic nitrogens is 2. The molecule has 2 amide bonds. The lowest BCUT2D eigenvalue weighted by Gasteiger charge is -2.30. The predicted octanol–water partition coefficient (Wildman–Crippen LogP) is 0.968. The average molecular weight is 398 g/mol. The zero-order valence-corrected chi connectivity index (χ0v) is 16.0. The van der Waals surface area contributed by atoms with E-state index in [-0.39, 0.29) is 29.9 Å². The molecule has 10 nitrogen and oxygen atoms in total. The first kappa shape index (κ1) is 18.9. The summed E-state index contributed by atoms with van der Waals surface area (Å²) in [6.07, 6.45) is -0.0432. The number of amides is 2. The third-order valence-electron chi connectivity index (χ3n) is 4.93. The van der Waals surface area contributed by atoms with E-state index in [1.54, 1.807) is 24.3 Å². The van der Waals surface area contributed by atoms with Crippen LogP contribution < -0.4 is 26.0 Å². The number of hydrogen-bond donors (Lipinski definition) is 3. The summed E-state index contributed by atoms with van der Waals surface area (Å²) >= 11 is 0. The van der Waals surface area contributed by atoms with E-state index in [9.17, 15) is 9.59 Å². The summed E-state index contributed by atoms with van der Waals surface area (Å²) in [5.74, 6) is -0.0953. The maximum absolute atomic E-state index is 13.0. The minimum atomic E-state index is -0.803. The Balaban J connectivity index is 1.64. The predicted molar refractivity (Wildman–Crippen MR) is 107 cm³/mol. The van der Waals surface area contributed by atoms with Crippen LogP contribution >= 0.6 is 0 Å². The highest BCUT2D eigenvalue weighted by Crippen LogP contribution is 2.37. The zero-order chi connectivity index (χ0) is 20.4. The fourth-order valence-electron chi connectivity index (χ4n) is 3.48. The van der Waals surface area contributed by atoms with Gasteiger partial charge in [-0.15, -0.1) is 0 Å². The molecule has 2 aliphatic heterocycles. The number of nitrogen functional groups attached to an aromatic ring is 1. The van der Waals surface area contributed by atoms with Crippen molar-refractivity contribution >= 4 is 35.1 Å². The molecule has 1 aromatic heterocycles. The topological polar surface area (TPSA) is 132 Å². The van der Waals surface area contributed by atoms with Gasteiger partial charge in [0.2, 0.25) is 17.8 Å². The maximum atomic E-state index is 13.0. The fourth-order valence-corrected chi connectivity index (χ4v) is 3.48. The molecular weight excluding hydrogens is 376 g/mol. The number of rotatable bonds is 4. The summed E-state index contributed by atoms with van der Waals surface area (Å²) in [6, 6.07) is 7.05. The van der Waals surface area contributed by atoms with Crippen LogP contribution in [0, 0.1) is 0 Å². The number of carbonyl (C=O) groups excluding carboxylic acids is 2. The number of nitrogens with two attached hydrogens (primary N) is 1. The molecule has 4 rings (SSSR count). The SMILES string of the molecule is COc1ccccc1NC(=O)[C@@H]1CC(=O)Nc2nc(N3CCOCC3)nc(N)c21. The Morgan fingerprint density at radius 3 is 2.83 bits per heavy atom. The van der Waals surface area contributed by atoms with Gasteiger partial charge in [-0.2, -0.15) is 9.97 Å². The monoisotopic (exact) mass is 398 g/mol. The molecule has 0 spiro atoms. The number of benzene rings is 1. The first-order valence-corrected chi connectivity index (χ1v) is 9.30. The summed E-state index contributed by atoms with van der Waals surface area (Å²) in [7, 11) is 1.52. The van der Waals surface area contributed by atoms with Crippen molar-refractivity contribution in [2.75, 3.05) is 54.7 Å². The lowest BCUT2D eigenvalue weighted by Crippen LogP contribution is -2.38. The van der Waals surface area contributed by atoms with E-state index < -0.39 is 5.92 Å². The molecule has 3 heterocycles. The van der Waals surface area contributed by atoms with Crippen LogP contribution in [0.1, 0.15) is 17.9 Å². The summed E-state index contributed by atoms with van der Waals surface area (Å²) in [5, 5.41) is 5.53. The number of nitrogens with zero attached hydrogens (tertiary/aromatic N) is 3. The molecule has 0 bridgehead atoms. The third kappa shape index (κ3) is 3.79. The van der Waals surface area contributed by atoms with Gasteiger partial charge in [0.1, 0.15) is 17.4 Å². The highest BCUT2D eigenvalue weighted by Gasteiger charge is 2.35. The highest BCUT2D eigenvalue weighted by atomic mass is 16.5. The summed E-state index contributed by atoms with van der Waals surface area (Å²) in [6.45, 7) is 2.39. The Morgan fingerprint density at radius 1 is 1.31 bits per heavy atom. The number of fused-ring (bicyclic) bond motifs is 1. The van der Waals surface area contributed by atoms with Crippen LogP contribution in [-0.2, 0) is 14.3 Å². The van der Waals surface area contributed by atoms with Crippen LogP contribution in [0.3, 0.4) is 0 Å². The van der Waals surface area contributed by atoms with Crippen molar-refractivity contribution in [1.29, 1.82) is 0 Å². The molecule has 152 valence electrons. The number of nitrogens with one attached hydrogen (secondary N) is 2. The largest absolute Gasteiger partial charge is 0.495 e. The van der Waals surface area contributed by atoms with Gasteiger partial charge in [-0.05, 0) is 12.1 Å². The molecule has 10 heteroatoms. The second-order valence-corrected chi connectivity index (χ2v) is 6.76. The first-order valence-electron chi connectivity index (χ1n) is 9.30. The lowest BCUT2D eigenvalue weighted by molar-refractivity contribution is -0.123. The molecule has 29 heavy (non-hydrogen) atoms. The number of ether oxygens (including phenoxy) is 2. The zero-order valence-electron chi connectivity index (χ0n) is 16.0. The van der Waals surface area contributed by atoms with Gasteiger partial charge in [0.15, 0.2) is 0 Å². The first-order chi connectivity index (χ1) is 14.1. The Hall–Kier alpha value is -3.40. The second-order valence-electron chi connectivity index (χ2n) is 6.76. The Bertz CT molecular complexity index is 944. The van der Waals surface area contributed by atoms with Crippen molar-refractivity contribution in [2.45, 2.75) is 12.3 Å². The van der Waals surface area contributed by atoms with Crippen molar-refractivity contribution in [1.82, 2.24) is 9.97 Å². The van der Waals surface area contributed by atoms with Gasteiger partial charge in [0.05, 0.1) is 37.5 Å². The van der Waals surface area contributed by atoms with Crippen LogP contribution in [0.2, 0.25) is 0 Å². The van der Waals surface area contributed by atoms with Crippen LogP contribution in [0.15, 0.2) is 24.3 Å². The van der Waals surface area contributed by atoms with Crippen molar-refractivity contribution < 1.29 is 19.1 Å². The average Bonchev–Trinajstić information content (AvgIpc) is 2.73. The molecule has 0 saturated carbocycles. The normalized spacial score (nSPS) is 18.6. The van der Waals surface area contributed by atoms with Crippen molar-refractivity contribution in [3.8, 4) is 5.75 Å². The van der Waals surface area contributed by atoms with Crippen molar-refractivity contribution in [3.05, 3.63) is 29.8 Å². The molecule has 0 radical (unpaired) electrons. The van der Waals surface area contributed by atoms with E-state index in [0.717, 1.165) is 0 Å². The molecule has 2 aliphatic rings. The quantitative estimate of drug-likeness (QED) is 0.694. The Labute approximate surface area is 167 Å². The molecule has 1 saturated heterocycles. The van der Waals surface area contributed by atoms with Crippen molar-refractivity contribution in [2.24, 2.45) is 0 Å². The number of carbonyl (C=O) groups is 2. The maximum Gasteiger partial charge on any atom is 0.232 e. The van der Waals surface area contributed by atoms with E-state index >= 15 is 0 Å². The lowest BCUT2D eigenvalue weighted by atomic mass is 9.92. The molecule has 0 aliphatic carbocycles. The van der Waals surface area contributed by atoms with Crippen LogP contribution in [0.5, 0.6) is 5.75 Å². The fraction of sp³-hybridized carbons (Fsp3) is 0.368. The van der Waals surface area contributed by atoms with Gasteiger partial charge >= 0.3 is 0 Å². The Morgan fingerprint density at radius 2 is 2.07 bits per heavy atom. The second kappa shape index (κ2) is 7.92. The molecule has 4 N–H and O–H groups in total. The highest BCUT2D eigenvalue weighted by molar-refractivity contribution is 6.06. The minimum absolute atomic E-state index is 0.0432. The number of hydrogen-bond acceptors (Lipinski definition) is 8. The van der Waals surface area contributed by atoms with Gasteiger partial charge in [0.25, 0.3) is 0 Å². The molecular formula is C19H22N6O4.